The molecule has 1 aliphatic heterocycles. The number of alkyl halides is 3. The molecule has 2 heterocycles. The van der Waals surface area contributed by atoms with E-state index in [0.29, 0.717) is 24.1 Å². The van der Waals surface area contributed by atoms with Crippen molar-refractivity contribution < 1.29 is 36.9 Å². The normalized spacial score (nSPS) is 19.8. The first kappa shape index (κ1) is 28.5. The molecule has 3 N–H and O–H groups in total. The van der Waals surface area contributed by atoms with Crippen LogP contribution in [0, 0.1) is 12.7 Å². The van der Waals surface area contributed by atoms with Crippen LogP contribution in [0.25, 0.3) is 0 Å². The minimum Gasteiger partial charge on any atom is -0.394 e. The van der Waals surface area contributed by atoms with Gasteiger partial charge in [0.25, 0.3) is 11.5 Å². The van der Waals surface area contributed by atoms with Gasteiger partial charge in [-0.15, -0.1) is 0 Å². The number of rotatable bonds is 10. The number of likely N-dealkylation sites (N-methyl/N-ethyl adjacent to an activating group) is 1. The predicted molar refractivity (Wildman–Crippen MR) is 123 cm³/mol. The highest BCUT2D eigenvalue weighted by Crippen LogP contribution is 2.32. The van der Waals surface area contributed by atoms with Gasteiger partial charge in [-0.2, -0.15) is 13.2 Å². The van der Waals surface area contributed by atoms with E-state index >= 15 is 0 Å². The number of hydrogen-bond donors (Lipinski definition) is 3. The van der Waals surface area contributed by atoms with E-state index in [4.69, 9.17) is 9.47 Å². The van der Waals surface area contributed by atoms with Crippen LogP contribution in [0.1, 0.15) is 34.1 Å². The number of amides is 1. The largest absolute Gasteiger partial charge is 0.419 e. The van der Waals surface area contributed by atoms with Gasteiger partial charge < -0.3 is 25.2 Å². The van der Waals surface area contributed by atoms with E-state index in [1.54, 1.807) is 14.0 Å². The summed E-state index contributed by atoms with van der Waals surface area (Å²) in [5.41, 5.74) is -2.71. The average molecular weight is 532 g/mol. The average Bonchev–Trinajstić information content (AvgIpc) is 3.28. The summed E-state index contributed by atoms with van der Waals surface area (Å²) < 4.78 is 65.3. The molecule has 37 heavy (non-hydrogen) atoms. The van der Waals surface area contributed by atoms with Gasteiger partial charge in [-0.05, 0) is 32.2 Å². The summed E-state index contributed by atoms with van der Waals surface area (Å²) in [5.74, 6) is -2.32. The fourth-order valence-corrected chi connectivity index (χ4v) is 4.02. The molecule has 3 rings (SSSR count). The number of hydrogen-bond acceptors (Lipinski definition) is 7. The minimum atomic E-state index is -4.94. The van der Waals surface area contributed by atoms with Gasteiger partial charge in [0.2, 0.25) is 0 Å². The van der Waals surface area contributed by atoms with Gasteiger partial charge in [0, 0.05) is 36.3 Å². The summed E-state index contributed by atoms with van der Waals surface area (Å²) in [6.45, 7) is 1.04. The first-order chi connectivity index (χ1) is 17.5. The summed E-state index contributed by atoms with van der Waals surface area (Å²) in [6, 6.07) is 1.76. The molecule has 1 fully saturated rings. The van der Waals surface area contributed by atoms with Crippen molar-refractivity contribution >= 4 is 5.91 Å². The molecule has 0 radical (unpaired) electrons. The maximum Gasteiger partial charge on any atom is 0.419 e. The molecule has 1 saturated heterocycles. The van der Waals surface area contributed by atoms with Gasteiger partial charge in [0.05, 0.1) is 38.0 Å². The number of halogens is 4. The zero-order chi connectivity index (χ0) is 27.3. The van der Waals surface area contributed by atoms with E-state index < -0.39 is 47.0 Å². The van der Waals surface area contributed by atoms with Crippen LogP contribution >= 0.6 is 0 Å². The number of aromatic nitrogens is 2. The Hall–Kier alpha value is -3.07. The number of nitrogens with zero attached hydrogens (tertiary/aromatic N) is 2. The molecule has 1 aliphatic rings. The third kappa shape index (κ3) is 6.63. The summed E-state index contributed by atoms with van der Waals surface area (Å²) >= 11 is 0. The quantitative estimate of drug-likeness (QED) is 0.305. The number of aliphatic hydroxyl groups is 1. The molecule has 1 aromatic carbocycles. The summed E-state index contributed by atoms with van der Waals surface area (Å²) in [4.78, 5) is 37.6. The van der Waals surface area contributed by atoms with Crippen LogP contribution in [0.15, 0.2) is 34.0 Å². The second-order valence-corrected chi connectivity index (χ2v) is 8.46. The van der Waals surface area contributed by atoms with Crippen molar-refractivity contribution in [2.24, 2.45) is 0 Å². The van der Waals surface area contributed by atoms with Crippen LogP contribution < -0.4 is 21.9 Å². The van der Waals surface area contributed by atoms with Crippen LogP contribution in [0.4, 0.5) is 17.6 Å². The zero-order valence-corrected chi connectivity index (χ0v) is 20.2. The van der Waals surface area contributed by atoms with Crippen molar-refractivity contribution in [3.05, 3.63) is 67.7 Å². The van der Waals surface area contributed by atoms with Gasteiger partial charge in [0.15, 0.2) is 0 Å². The highest BCUT2D eigenvalue weighted by atomic mass is 19.4. The number of aryl methyl sites for hydroxylation is 1. The van der Waals surface area contributed by atoms with E-state index in [2.05, 4.69) is 10.6 Å². The fourth-order valence-electron chi connectivity index (χ4n) is 4.02. The SMILES string of the molecule is CNC1C[C@H](n2cc(C)c(=O)n(CCOCCNC(=O)c3ccc(F)c(C(F)(F)F)c3)c2=O)O[C@@H]1CO. The number of aliphatic hydroxyl groups excluding tert-OH is 1. The molecule has 1 aromatic heterocycles. The van der Waals surface area contributed by atoms with E-state index in [1.165, 1.54) is 10.8 Å². The van der Waals surface area contributed by atoms with E-state index in [1.807, 2.05) is 0 Å². The van der Waals surface area contributed by atoms with Crippen molar-refractivity contribution in [3.63, 3.8) is 0 Å². The third-order valence-corrected chi connectivity index (χ3v) is 5.99. The lowest BCUT2D eigenvalue weighted by molar-refractivity contribution is -0.140. The molecular formula is C23H28F4N4O6. The molecule has 1 amide bonds. The Morgan fingerprint density at radius 3 is 2.62 bits per heavy atom. The predicted octanol–water partition coefficient (Wildman–Crippen LogP) is 0.791. The molecule has 3 atom stereocenters. The maximum atomic E-state index is 13.4. The van der Waals surface area contributed by atoms with Crippen LogP contribution in [0.5, 0.6) is 0 Å². The lowest BCUT2D eigenvalue weighted by atomic mass is 10.1. The van der Waals surface area contributed by atoms with Crippen molar-refractivity contribution in [3.8, 4) is 0 Å². The maximum absolute atomic E-state index is 13.4. The first-order valence-electron chi connectivity index (χ1n) is 11.5. The molecule has 0 aliphatic carbocycles. The second kappa shape index (κ2) is 12.0. The first-order valence-corrected chi connectivity index (χ1v) is 11.5. The number of benzene rings is 1. The lowest BCUT2D eigenvalue weighted by Gasteiger charge is -2.17. The van der Waals surface area contributed by atoms with Gasteiger partial charge in [-0.3, -0.25) is 18.7 Å². The smallest absolute Gasteiger partial charge is 0.394 e. The van der Waals surface area contributed by atoms with Crippen molar-refractivity contribution in [1.82, 2.24) is 19.8 Å². The Bertz CT molecular complexity index is 1220. The molecule has 1 unspecified atom stereocenters. The van der Waals surface area contributed by atoms with E-state index in [-0.39, 0.29) is 44.5 Å². The molecule has 0 spiro atoms. The number of carbonyl (C=O) groups is 1. The van der Waals surface area contributed by atoms with Gasteiger partial charge in [-0.1, -0.05) is 0 Å². The topological polar surface area (TPSA) is 124 Å². The Kier molecular flexibility index (Phi) is 9.23. The zero-order valence-electron chi connectivity index (χ0n) is 20.2. The molecule has 0 bridgehead atoms. The minimum absolute atomic E-state index is 0.0540. The Labute approximate surface area is 208 Å². The third-order valence-electron chi connectivity index (χ3n) is 5.99. The molecule has 10 nitrogen and oxygen atoms in total. The van der Waals surface area contributed by atoms with Crippen molar-refractivity contribution in [2.45, 2.75) is 44.4 Å². The Morgan fingerprint density at radius 1 is 1.27 bits per heavy atom. The standard InChI is InChI=1S/C23H28F4N4O6/c1-13-11-31(19-10-17(28-2)18(12-32)37-19)22(35)30(21(13)34)6-8-36-7-5-29-20(33)14-3-4-16(24)15(9-14)23(25,26)27/h3-4,9,11,17-19,28,32H,5-8,10,12H2,1-2H3,(H,29,33)/t17?,18-,19-/m1/s1. The Balaban J connectivity index is 1.55. The van der Waals surface area contributed by atoms with Gasteiger partial charge in [0.1, 0.15) is 12.0 Å². The number of nitrogens with one attached hydrogen (secondary N) is 2. The van der Waals surface area contributed by atoms with Crippen molar-refractivity contribution in [2.75, 3.05) is 33.4 Å². The van der Waals surface area contributed by atoms with Gasteiger partial charge in [-0.25, -0.2) is 9.18 Å². The monoisotopic (exact) mass is 532 g/mol. The van der Waals surface area contributed by atoms with E-state index in [0.717, 1.165) is 10.6 Å². The summed E-state index contributed by atoms with van der Waals surface area (Å²) in [7, 11) is 1.72. The number of ether oxygens (including phenoxy) is 2. The van der Waals surface area contributed by atoms with E-state index in [9.17, 15) is 37.1 Å². The van der Waals surface area contributed by atoms with Gasteiger partial charge >= 0.3 is 11.9 Å². The molecule has 2 aromatic rings. The second-order valence-electron chi connectivity index (χ2n) is 8.46. The van der Waals surface area contributed by atoms with Crippen molar-refractivity contribution in [1.29, 1.82) is 0 Å². The van der Waals surface area contributed by atoms with Crippen LogP contribution in [-0.4, -0.2) is 65.7 Å². The van der Waals surface area contributed by atoms with Crippen LogP contribution in [-0.2, 0) is 22.2 Å². The van der Waals surface area contributed by atoms with Crippen LogP contribution in [0.2, 0.25) is 0 Å². The number of carbonyl (C=O) groups excluding carboxylic acids is 1. The molecular weight excluding hydrogens is 504 g/mol. The van der Waals surface area contributed by atoms with Crippen LogP contribution in [0.3, 0.4) is 0 Å². The molecule has 0 saturated carbocycles. The Morgan fingerprint density at radius 2 is 2.00 bits per heavy atom. The summed E-state index contributed by atoms with van der Waals surface area (Å²) in [5, 5.41) is 14.9. The lowest BCUT2D eigenvalue weighted by Crippen LogP contribution is -2.43. The molecule has 14 heteroatoms. The summed E-state index contributed by atoms with van der Waals surface area (Å²) in [6.07, 6.45) is -4.29. The highest BCUT2D eigenvalue weighted by molar-refractivity contribution is 5.94. The highest BCUT2D eigenvalue weighted by Gasteiger charge is 2.36. The molecule has 204 valence electrons. The fraction of sp³-hybridized carbons (Fsp3) is 0.522.